The van der Waals surface area contributed by atoms with Gasteiger partial charge in [0.2, 0.25) is 0 Å². The molecule has 1 nitrogen and oxygen atoms in total. The molecule has 0 saturated carbocycles. The molecule has 0 fully saturated rings. The smallest absolute Gasteiger partial charge is 0.113 e. The van der Waals surface area contributed by atoms with E-state index in [2.05, 4.69) is 36.0 Å². The Labute approximate surface area is 77.4 Å². The van der Waals surface area contributed by atoms with E-state index < -0.39 is 0 Å². The standard InChI is InChI=1S/C12H9N/c1-3-12-7-10-5-4-9(2)6-11(10)8-13-12/h1,4-8H,2H3. The van der Waals surface area contributed by atoms with Gasteiger partial charge in [-0.1, -0.05) is 23.6 Å². The monoisotopic (exact) mass is 167 g/mol. The molecule has 0 saturated heterocycles. The molecule has 1 aromatic heterocycles. The van der Waals surface area contributed by atoms with E-state index in [1.54, 1.807) is 0 Å². The summed E-state index contributed by atoms with van der Waals surface area (Å²) in [6.45, 7) is 2.06. The molecular formula is C12H9N. The van der Waals surface area contributed by atoms with Gasteiger partial charge in [0, 0.05) is 11.6 Å². The number of benzene rings is 1. The second-order valence-corrected chi connectivity index (χ2v) is 3.06. The Hall–Kier alpha value is -1.81. The van der Waals surface area contributed by atoms with Crippen LogP contribution in [0.5, 0.6) is 0 Å². The molecule has 13 heavy (non-hydrogen) atoms. The average Bonchev–Trinajstić information content (AvgIpc) is 2.17. The van der Waals surface area contributed by atoms with E-state index in [0.29, 0.717) is 5.69 Å². The van der Waals surface area contributed by atoms with Crippen molar-refractivity contribution in [1.82, 2.24) is 4.98 Å². The molecule has 0 atom stereocenters. The fourth-order valence-electron chi connectivity index (χ4n) is 1.34. The van der Waals surface area contributed by atoms with E-state index in [0.717, 1.165) is 10.8 Å². The zero-order chi connectivity index (χ0) is 9.26. The minimum atomic E-state index is 0.691. The molecule has 1 heteroatoms. The van der Waals surface area contributed by atoms with Crippen molar-refractivity contribution < 1.29 is 0 Å². The molecule has 1 heterocycles. The Morgan fingerprint density at radius 1 is 1.23 bits per heavy atom. The number of rotatable bonds is 0. The van der Waals surface area contributed by atoms with Gasteiger partial charge < -0.3 is 0 Å². The van der Waals surface area contributed by atoms with Crippen LogP contribution in [-0.4, -0.2) is 4.98 Å². The van der Waals surface area contributed by atoms with E-state index >= 15 is 0 Å². The summed E-state index contributed by atoms with van der Waals surface area (Å²) in [5.74, 6) is 2.52. The largest absolute Gasteiger partial charge is 0.247 e. The van der Waals surface area contributed by atoms with Crippen molar-refractivity contribution in [2.75, 3.05) is 0 Å². The SMILES string of the molecule is C#Cc1cc2ccc(C)cc2cn1. The molecule has 0 spiro atoms. The quantitative estimate of drug-likeness (QED) is 0.549. The van der Waals surface area contributed by atoms with Gasteiger partial charge in [0.05, 0.1) is 0 Å². The Morgan fingerprint density at radius 2 is 2.08 bits per heavy atom. The van der Waals surface area contributed by atoms with Gasteiger partial charge in [-0.3, -0.25) is 0 Å². The van der Waals surface area contributed by atoms with Gasteiger partial charge in [0.1, 0.15) is 5.69 Å². The Balaban J connectivity index is 2.75. The van der Waals surface area contributed by atoms with Crippen molar-refractivity contribution in [3.8, 4) is 12.3 Å². The molecule has 0 bridgehead atoms. The topological polar surface area (TPSA) is 12.9 Å². The summed E-state index contributed by atoms with van der Waals surface area (Å²) in [5, 5.41) is 2.28. The van der Waals surface area contributed by atoms with Crippen molar-refractivity contribution in [1.29, 1.82) is 0 Å². The maximum atomic E-state index is 5.26. The Bertz CT molecular complexity index is 492. The number of hydrogen-bond donors (Lipinski definition) is 0. The molecule has 2 aromatic rings. The first-order valence-electron chi connectivity index (χ1n) is 4.12. The van der Waals surface area contributed by atoms with Gasteiger partial charge in [0.15, 0.2) is 0 Å². The van der Waals surface area contributed by atoms with Crippen molar-refractivity contribution in [2.24, 2.45) is 0 Å². The highest BCUT2D eigenvalue weighted by molar-refractivity contribution is 5.83. The maximum absolute atomic E-state index is 5.26. The van der Waals surface area contributed by atoms with E-state index in [9.17, 15) is 0 Å². The highest BCUT2D eigenvalue weighted by atomic mass is 14.7. The number of hydrogen-bond acceptors (Lipinski definition) is 1. The molecule has 0 radical (unpaired) electrons. The first kappa shape index (κ1) is 7.82. The number of nitrogens with zero attached hydrogens (tertiary/aromatic N) is 1. The lowest BCUT2D eigenvalue weighted by molar-refractivity contribution is 1.31. The lowest BCUT2D eigenvalue weighted by atomic mass is 10.1. The van der Waals surface area contributed by atoms with Crippen LogP contribution in [0.15, 0.2) is 30.5 Å². The molecule has 0 amide bonds. The second-order valence-electron chi connectivity index (χ2n) is 3.06. The highest BCUT2D eigenvalue weighted by Gasteiger charge is 1.95. The normalized spacial score (nSPS) is 9.85. The van der Waals surface area contributed by atoms with Crippen LogP contribution in [0.4, 0.5) is 0 Å². The molecule has 0 aliphatic heterocycles. The van der Waals surface area contributed by atoms with Gasteiger partial charge in [-0.2, -0.15) is 0 Å². The summed E-state index contributed by atoms with van der Waals surface area (Å²) < 4.78 is 0. The molecule has 0 unspecified atom stereocenters. The van der Waals surface area contributed by atoms with Gasteiger partial charge in [-0.25, -0.2) is 4.98 Å². The number of aryl methyl sites for hydroxylation is 1. The van der Waals surface area contributed by atoms with Gasteiger partial charge in [-0.15, -0.1) is 6.42 Å². The predicted octanol–water partition coefficient (Wildman–Crippen LogP) is 2.52. The zero-order valence-electron chi connectivity index (χ0n) is 7.41. The van der Waals surface area contributed by atoms with Crippen LogP contribution < -0.4 is 0 Å². The molecule has 2 rings (SSSR count). The number of aromatic nitrogens is 1. The van der Waals surface area contributed by atoms with Crippen molar-refractivity contribution in [3.05, 3.63) is 41.7 Å². The summed E-state index contributed by atoms with van der Waals surface area (Å²) in [5.41, 5.74) is 1.93. The minimum absolute atomic E-state index is 0.691. The van der Waals surface area contributed by atoms with Crippen LogP contribution >= 0.6 is 0 Å². The van der Waals surface area contributed by atoms with Crippen LogP contribution in [-0.2, 0) is 0 Å². The van der Waals surface area contributed by atoms with Crippen LogP contribution in [0.3, 0.4) is 0 Å². The third-order valence-corrected chi connectivity index (χ3v) is 2.03. The van der Waals surface area contributed by atoms with Crippen LogP contribution in [0.25, 0.3) is 10.8 Å². The highest BCUT2D eigenvalue weighted by Crippen LogP contribution is 2.15. The van der Waals surface area contributed by atoms with Crippen LogP contribution in [0.1, 0.15) is 11.3 Å². The molecular weight excluding hydrogens is 158 g/mol. The summed E-state index contributed by atoms with van der Waals surface area (Å²) in [6.07, 6.45) is 7.08. The maximum Gasteiger partial charge on any atom is 0.113 e. The van der Waals surface area contributed by atoms with Crippen LogP contribution in [0, 0.1) is 19.3 Å². The van der Waals surface area contributed by atoms with E-state index in [1.807, 2.05) is 12.3 Å². The average molecular weight is 167 g/mol. The van der Waals surface area contributed by atoms with Crippen molar-refractivity contribution >= 4 is 10.8 Å². The summed E-state index contributed by atoms with van der Waals surface area (Å²) in [7, 11) is 0. The molecule has 0 aliphatic rings. The van der Waals surface area contributed by atoms with Gasteiger partial charge in [0.25, 0.3) is 0 Å². The van der Waals surface area contributed by atoms with E-state index in [4.69, 9.17) is 6.42 Å². The molecule has 1 aromatic carbocycles. The zero-order valence-corrected chi connectivity index (χ0v) is 7.41. The lowest BCUT2D eigenvalue weighted by Crippen LogP contribution is -1.82. The number of terminal acetylenes is 1. The predicted molar refractivity (Wildman–Crippen MR) is 54.4 cm³/mol. The van der Waals surface area contributed by atoms with Gasteiger partial charge in [-0.05, 0) is 24.4 Å². The van der Waals surface area contributed by atoms with E-state index in [-0.39, 0.29) is 0 Å². The summed E-state index contributed by atoms with van der Waals surface area (Å²) in [6, 6.07) is 8.16. The first-order chi connectivity index (χ1) is 6.29. The fraction of sp³-hybridized carbons (Fsp3) is 0.0833. The summed E-state index contributed by atoms with van der Waals surface area (Å²) in [4.78, 5) is 4.13. The number of fused-ring (bicyclic) bond motifs is 1. The third-order valence-electron chi connectivity index (χ3n) is 2.03. The lowest BCUT2D eigenvalue weighted by Gasteiger charge is -1.98. The van der Waals surface area contributed by atoms with E-state index in [1.165, 1.54) is 5.56 Å². The first-order valence-corrected chi connectivity index (χ1v) is 4.12. The summed E-state index contributed by atoms with van der Waals surface area (Å²) >= 11 is 0. The van der Waals surface area contributed by atoms with Crippen LogP contribution in [0.2, 0.25) is 0 Å². The number of pyridine rings is 1. The third kappa shape index (κ3) is 1.39. The van der Waals surface area contributed by atoms with Crippen molar-refractivity contribution in [2.45, 2.75) is 6.92 Å². The Morgan fingerprint density at radius 3 is 2.85 bits per heavy atom. The molecule has 0 aliphatic carbocycles. The molecule has 0 N–H and O–H groups in total. The minimum Gasteiger partial charge on any atom is -0.247 e. The van der Waals surface area contributed by atoms with Gasteiger partial charge >= 0.3 is 0 Å². The van der Waals surface area contributed by atoms with Crippen molar-refractivity contribution in [3.63, 3.8) is 0 Å². The fourth-order valence-corrected chi connectivity index (χ4v) is 1.34. The second kappa shape index (κ2) is 2.91. The Kier molecular flexibility index (Phi) is 1.75. The molecule has 62 valence electrons.